The van der Waals surface area contributed by atoms with Crippen molar-refractivity contribution < 1.29 is 4.74 Å². The van der Waals surface area contributed by atoms with Crippen molar-refractivity contribution in [3.63, 3.8) is 0 Å². The molecule has 1 rings (SSSR count). The van der Waals surface area contributed by atoms with Gasteiger partial charge in [0.2, 0.25) is 0 Å². The maximum Gasteiger partial charge on any atom is 0.125 e. The molecule has 0 radical (unpaired) electrons. The fourth-order valence-corrected chi connectivity index (χ4v) is 1.48. The molecule has 1 aromatic rings. The van der Waals surface area contributed by atoms with Gasteiger partial charge in [0, 0.05) is 16.6 Å². The second-order valence-corrected chi connectivity index (χ2v) is 3.05. The molecule has 0 spiro atoms. The second kappa shape index (κ2) is 3.78. The number of hydrogen-bond donors (Lipinski definition) is 1. The van der Waals surface area contributed by atoms with E-state index in [1.165, 1.54) is 0 Å². The van der Waals surface area contributed by atoms with Crippen LogP contribution in [0.5, 0.6) is 5.75 Å². The van der Waals surface area contributed by atoms with Gasteiger partial charge in [-0.2, -0.15) is 0 Å². The largest absolute Gasteiger partial charge is 0.496 e. The number of hydrogen-bond acceptors (Lipinski definition) is 2. The van der Waals surface area contributed by atoms with Gasteiger partial charge in [0.25, 0.3) is 0 Å². The molecule has 0 aliphatic heterocycles. The van der Waals surface area contributed by atoms with Crippen LogP contribution in [0, 0.1) is 0 Å². The third-order valence-electron chi connectivity index (χ3n) is 1.69. The third kappa shape index (κ3) is 1.71. The zero-order valence-electron chi connectivity index (χ0n) is 7.17. The quantitative estimate of drug-likeness (QED) is 0.768. The highest BCUT2D eigenvalue weighted by Gasteiger charge is 2.10. The summed E-state index contributed by atoms with van der Waals surface area (Å²) in [6, 6.07) is 5.40. The van der Waals surface area contributed by atoms with Gasteiger partial charge in [0.15, 0.2) is 0 Å². The molecule has 0 fully saturated rings. The van der Waals surface area contributed by atoms with E-state index in [-0.39, 0.29) is 6.04 Å². The summed E-state index contributed by atoms with van der Waals surface area (Å²) >= 11 is 5.94. The molecule has 2 nitrogen and oxygen atoms in total. The fourth-order valence-electron chi connectivity index (χ4n) is 1.14. The monoisotopic (exact) mass is 185 g/mol. The van der Waals surface area contributed by atoms with E-state index in [0.29, 0.717) is 5.02 Å². The first-order valence-corrected chi connectivity index (χ1v) is 4.12. The summed E-state index contributed by atoms with van der Waals surface area (Å²) in [5.41, 5.74) is 6.59. The molecule has 12 heavy (non-hydrogen) atoms. The molecule has 0 aliphatic rings. The van der Waals surface area contributed by atoms with Crippen LogP contribution in [-0.2, 0) is 0 Å². The van der Waals surface area contributed by atoms with Gasteiger partial charge >= 0.3 is 0 Å². The lowest BCUT2D eigenvalue weighted by atomic mass is 10.1. The van der Waals surface area contributed by atoms with Crippen LogP contribution < -0.4 is 10.5 Å². The Hall–Kier alpha value is -0.730. The fraction of sp³-hybridized carbons (Fsp3) is 0.333. The molecule has 1 aromatic carbocycles. The lowest BCUT2D eigenvalue weighted by molar-refractivity contribution is 0.407. The number of ether oxygens (including phenoxy) is 1. The number of benzene rings is 1. The molecule has 0 aromatic heterocycles. The minimum absolute atomic E-state index is 0.103. The van der Waals surface area contributed by atoms with Gasteiger partial charge in [0.1, 0.15) is 5.75 Å². The van der Waals surface area contributed by atoms with E-state index in [9.17, 15) is 0 Å². The van der Waals surface area contributed by atoms with Crippen LogP contribution in [0.25, 0.3) is 0 Å². The van der Waals surface area contributed by atoms with E-state index < -0.39 is 0 Å². The molecule has 0 unspecified atom stereocenters. The first-order chi connectivity index (χ1) is 5.66. The number of methoxy groups -OCH3 is 1. The number of halogens is 1. The average Bonchev–Trinajstić information content (AvgIpc) is 2.03. The van der Waals surface area contributed by atoms with Crippen LogP contribution in [0.1, 0.15) is 18.5 Å². The van der Waals surface area contributed by atoms with Gasteiger partial charge in [-0.3, -0.25) is 0 Å². The van der Waals surface area contributed by atoms with Crippen molar-refractivity contribution in [2.24, 2.45) is 5.73 Å². The number of nitrogens with two attached hydrogens (primary N) is 1. The molecule has 3 heteroatoms. The Kier molecular flexibility index (Phi) is 2.95. The lowest BCUT2D eigenvalue weighted by Crippen LogP contribution is -2.07. The van der Waals surface area contributed by atoms with E-state index in [0.717, 1.165) is 11.3 Å². The van der Waals surface area contributed by atoms with Crippen LogP contribution in [0.3, 0.4) is 0 Å². The zero-order valence-corrected chi connectivity index (χ0v) is 7.93. The van der Waals surface area contributed by atoms with E-state index >= 15 is 0 Å². The minimum Gasteiger partial charge on any atom is -0.496 e. The molecule has 0 saturated carbocycles. The summed E-state index contributed by atoms with van der Waals surface area (Å²) in [7, 11) is 1.61. The van der Waals surface area contributed by atoms with E-state index in [1.807, 2.05) is 25.1 Å². The molecule has 0 aliphatic carbocycles. The Bertz CT molecular complexity index is 273. The maximum absolute atomic E-state index is 5.94. The highest BCUT2D eigenvalue weighted by atomic mass is 35.5. The van der Waals surface area contributed by atoms with Crippen LogP contribution in [0.15, 0.2) is 18.2 Å². The highest BCUT2D eigenvalue weighted by Crippen LogP contribution is 2.30. The van der Waals surface area contributed by atoms with Crippen molar-refractivity contribution in [1.29, 1.82) is 0 Å². The van der Waals surface area contributed by atoms with Crippen molar-refractivity contribution in [2.75, 3.05) is 7.11 Å². The predicted molar refractivity (Wildman–Crippen MR) is 50.6 cm³/mol. The minimum atomic E-state index is -0.103. The Labute approximate surface area is 77.3 Å². The number of rotatable bonds is 2. The standard InChI is InChI=1S/C9H12ClNO/c1-6(11)9-7(10)4-3-5-8(9)12-2/h3-6H,11H2,1-2H3/t6-/m1/s1. The van der Waals surface area contributed by atoms with Crippen molar-refractivity contribution in [3.05, 3.63) is 28.8 Å². The normalized spacial score (nSPS) is 12.7. The van der Waals surface area contributed by atoms with Crippen LogP contribution in [0.4, 0.5) is 0 Å². The maximum atomic E-state index is 5.94. The lowest BCUT2D eigenvalue weighted by Gasteiger charge is -2.12. The highest BCUT2D eigenvalue weighted by molar-refractivity contribution is 6.31. The van der Waals surface area contributed by atoms with Gasteiger partial charge < -0.3 is 10.5 Å². The van der Waals surface area contributed by atoms with Gasteiger partial charge in [-0.05, 0) is 19.1 Å². The molecular weight excluding hydrogens is 174 g/mol. The van der Waals surface area contributed by atoms with Crippen LogP contribution >= 0.6 is 11.6 Å². The van der Waals surface area contributed by atoms with E-state index in [1.54, 1.807) is 7.11 Å². The Morgan fingerprint density at radius 1 is 1.50 bits per heavy atom. The molecule has 2 N–H and O–H groups in total. The Morgan fingerprint density at radius 2 is 2.17 bits per heavy atom. The molecule has 0 saturated heterocycles. The summed E-state index contributed by atoms with van der Waals surface area (Å²) in [5.74, 6) is 0.748. The predicted octanol–water partition coefficient (Wildman–Crippen LogP) is 2.37. The Morgan fingerprint density at radius 3 is 2.58 bits per heavy atom. The van der Waals surface area contributed by atoms with Gasteiger partial charge in [-0.15, -0.1) is 0 Å². The average molecular weight is 186 g/mol. The molecular formula is C9H12ClNO. The van der Waals surface area contributed by atoms with Crippen molar-refractivity contribution in [3.8, 4) is 5.75 Å². The van der Waals surface area contributed by atoms with Gasteiger partial charge in [-0.1, -0.05) is 17.7 Å². The van der Waals surface area contributed by atoms with Gasteiger partial charge in [-0.25, -0.2) is 0 Å². The molecule has 0 amide bonds. The van der Waals surface area contributed by atoms with E-state index in [4.69, 9.17) is 22.1 Å². The summed E-state index contributed by atoms with van der Waals surface area (Å²) in [5, 5.41) is 0.657. The van der Waals surface area contributed by atoms with Crippen LogP contribution in [-0.4, -0.2) is 7.11 Å². The molecule has 1 atom stereocenters. The van der Waals surface area contributed by atoms with Crippen LogP contribution in [0.2, 0.25) is 5.02 Å². The molecule has 0 bridgehead atoms. The second-order valence-electron chi connectivity index (χ2n) is 2.64. The Balaban J connectivity index is 3.20. The first kappa shape index (κ1) is 9.36. The SMILES string of the molecule is COc1cccc(Cl)c1[C@@H](C)N. The van der Waals surface area contributed by atoms with Crippen molar-refractivity contribution in [2.45, 2.75) is 13.0 Å². The molecule has 0 heterocycles. The van der Waals surface area contributed by atoms with E-state index in [2.05, 4.69) is 0 Å². The van der Waals surface area contributed by atoms with Gasteiger partial charge in [0.05, 0.1) is 7.11 Å². The third-order valence-corrected chi connectivity index (χ3v) is 2.02. The topological polar surface area (TPSA) is 35.2 Å². The first-order valence-electron chi connectivity index (χ1n) is 3.74. The molecule has 66 valence electrons. The summed E-state index contributed by atoms with van der Waals surface area (Å²) in [6.07, 6.45) is 0. The zero-order chi connectivity index (χ0) is 9.14. The smallest absolute Gasteiger partial charge is 0.125 e. The van der Waals surface area contributed by atoms with Crippen molar-refractivity contribution >= 4 is 11.6 Å². The van der Waals surface area contributed by atoms with Crippen molar-refractivity contribution in [1.82, 2.24) is 0 Å². The summed E-state index contributed by atoms with van der Waals surface area (Å²) < 4.78 is 5.12. The summed E-state index contributed by atoms with van der Waals surface area (Å²) in [6.45, 7) is 1.88. The summed E-state index contributed by atoms with van der Waals surface area (Å²) in [4.78, 5) is 0.